The van der Waals surface area contributed by atoms with Gasteiger partial charge in [-0.2, -0.15) is 0 Å². The van der Waals surface area contributed by atoms with E-state index in [0.717, 1.165) is 6.42 Å². The summed E-state index contributed by atoms with van der Waals surface area (Å²) in [4.78, 5) is 0. The number of benzene rings is 1. The van der Waals surface area contributed by atoms with E-state index in [9.17, 15) is 0 Å². The Morgan fingerprint density at radius 2 is 2.00 bits per heavy atom. The maximum atomic E-state index is 2.33. The van der Waals surface area contributed by atoms with Crippen molar-refractivity contribution in [1.82, 2.24) is 0 Å². The van der Waals surface area contributed by atoms with Crippen LogP contribution in [0.5, 0.6) is 0 Å². The molecule has 0 aliphatic heterocycles. The van der Waals surface area contributed by atoms with Gasteiger partial charge in [-0.25, -0.2) is 0 Å². The lowest BCUT2D eigenvalue weighted by Gasteiger charge is -1.87. The van der Waals surface area contributed by atoms with Crippen molar-refractivity contribution in [3.63, 3.8) is 0 Å². The second-order valence-corrected chi connectivity index (χ2v) is 4.99. The monoisotopic (exact) mass is 212 g/mol. The molecule has 1 aromatic carbocycles. The molecule has 1 aliphatic carbocycles. The third-order valence-corrected chi connectivity index (χ3v) is 3.92. The first-order valence-corrected chi connectivity index (χ1v) is 6.02. The van der Waals surface area contributed by atoms with Crippen LogP contribution < -0.4 is 9.75 Å². The van der Waals surface area contributed by atoms with E-state index in [1.54, 1.807) is 0 Å². The molecule has 0 saturated heterocycles. The topological polar surface area (TPSA) is 0 Å². The Morgan fingerprint density at radius 3 is 2.93 bits per heavy atom. The molecular weight excluding hydrogens is 200 g/mol. The highest BCUT2D eigenvalue weighted by molar-refractivity contribution is 7.17. The number of rotatable bonds is 0. The zero-order valence-electron chi connectivity index (χ0n) is 8.66. The molecule has 1 aliphatic rings. The Labute approximate surface area is 92.9 Å². The summed E-state index contributed by atoms with van der Waals surface area (Å²) in [5, 5.41) is 2.82. The molecule has 15 heavy (non-hydrogen) atoms. The number of thiophene rings is 1. The zero-order chi connectivity index (χ0) is 10.3. The van der Waals surface area contributed by atoms with Gasteiger partial charge in [0, 0.05) is 9.23 Å². The first-order valence-electron chi connectivity index (χ1n) is 5.21. The van der Waals surface area contributed by atoms with Gasteiger partial charge >= 0.3 is 0 Å². The van der Waals surface area contributed by atoms with Crippen LogP contribution in [-0.4, -0.2) is 0 Å². The minimum absolute atomic E-state index is 1.05. The number of allylic oxidation sites excluding steroid dienone is 2. The van der Waals surface area contributed by atoms with Crippen LogP contribution >= 0.6 is 11.3 Å². The quantitative estimate of drug-likeness (QED) is 0.630. The van der Waals surface area contributed by atoms with Crippen molar-refractivity contribution < 1.29 is 0 Å². The fraction of sp³-hybridized carbons (Fsp3) is 0.143. The molecule has 0 nitrogen and oxygen atoms in total. The highest BCUT2D eigenvalue weighted by Gasteiger charge is 2.01. The average molecular weight is 212 g/mol. The van der Waals surface area contributed by atoms with Crippen LogP contribution in [-0.2, 0) is 0 Å². The minimum atomic E-state index is 1.05. The third-order valence-electron chi connectivity index (χ3n) is 2.78. The molecule has 1 heteroatoms. The van der Waals surface area contributed by atoms with E-state index in [1.165, 1.54) is 25.4 Å². The Kier molecular flexibility index (Phi) is 2.00. The molecule has 3 rings (SSSR count). The lowest BCUT2D eigenvalue weighted by molar-refractivity contribution is 1.43. The fourth-order valence-corrected chi connectivity index (χ4v) is 3.25. The molecule has 1 heterocycles. The van der Waals surface area contributed by atoms with Gasteiger partial charge in [0.25, 0.3) is 0 Å². The molecule has 0 N–H and O–H groups in total. The average Bonchev–Trinajstić information content (AvgIpc) is 2.46. The fourth-order valence-electron chi connectivity index (χ4n) is 2.03. The molecule has 0 saturated carbocycles. The van der Waals surface area contributed by atoms with Gasteiger partial charge in [-0.3, -0.25) is 0 Å². The van der Waals surface area contributed by atoms with Gasteiger partial charge in [-0.05, 0) is 36.1 Å². The van der Waals surface area contributed by atoms with Crippen LogP contribution in [0, 0.1) is 0 Å². The van der Waals surface area contributed by atoms with E-state index in [1.807, 2.05) is 11.3 Å². The molecule has 0 spiro atoms. The predicted molar refractivity (Wildman–Crippen MR) is 68.4 cm³/mol. The highest BCUT2D eigenvalue weighted by Crippen LogP contribution is 2.14. The second kappa shape index (κ2) is 3.35. The number of hydrogen-bond donors (Lipinski definition) is 0. The van der Waals surface area contributed by atoms with Crippen molar-refractivity contribution in [2.75, 3.05) is 0 Å². The van der Waals surface area contributed by atoms with Crippen molar-refractivity contribution in [2.24, 2.45) is 0 Å². The molecule has 1 aromatic heterocycles. The standard InChI is InChI=1S/C14H12S/c1-10-5-4-7-12-11-6-2-3-8-13(11)15-14(12)9-10/h2-3,5-9H,4H2,1H3. The number of fused-ring (bicyclic) bond motifs is 3. The Balaban J connectivity index is 2.51. The van der Waals surface area contributed by atoms with Crippen LogP contribution in [0.1, 0.15) is 13.3 Å². The van der Waals surface area contributed by atoms with Crippen LogP contribution in [0.2, 0.25) is 0 Å². The normalized spacial score (nSPS) is 14.9. The summed E-state index contributed by atoms with van der Waals surface area (Å²) in [5.74, 6) is 0. The molecule has 0 amide bonds. The summed E-state index contributed by atoms with van der Waals surface area (Å²) < 4.78 is 2.80. The van der Waals surface area contributed by atoms with Gasteiger partial charge < -0.3 is 0 Å². The first-order chi connectivity index (χ1) is 7.34. The van der Waals surface area contributed by atoms with Gasteiger partial charge in [0.2, 0.25) is 0 Å². The summed E-state index contributed by atoms with van der Waals surface area (Å²) in [7, 11) is 0. The summed E-state index contributed by atoms with van der Waals surface area (Å²) in [5.41, 5.74) is 1.37. The maximum absolute atomic E-state index is 2.33. The molecule has 74 valence electrons. The molecule has 0 radical (unpaired) electrons. The van der Waals surface area contributed by atoms with Crippen molar-refractivity contribution in [1.29, 1.82) is 0 Å². The van der Waals surface area contributed by atoms with Gasteiger partial charge in [0.05, 0.1) is 0 Å². The minimum Gasteiger partial charge on any atom is -0.135 e. The zero-order valence-corrected chi connectivity index (χ0v) is 9.47. The van der Waals surface area contributed by atoms with Crippen LogP contribution in [0.15, 0.2) is 35.9 Å². The Bertz CT molecular complexity index is 656. The molecule has 0 unspecified atom stereocenters. The van der Waals surface area contributed by atoms with Crippen molar-refractivity contribution >= 4 is 33.6 Å². The summed E-state index contributed by atoms with van der Waals surface area (Å²) >= 11 is 1.89. The molecule has 0 bridgehead atoms. The maximum Gasteiger partial charge on any atom is 0.0355 e. The van der Waals surface area contributed by atoms with Gasteiger partial charge in [0.1, 0.15) is 0 Å². The molecule has 2 aromatic rings. The summed E-state index contributed by atoms with van der Waals surface area (Å²) in [6.07, 6.45) is 7.96. The van der Waals surface area contributed by atoms with E-state index in [0.29, 0.717) is 0 Å². The van der Waals surface area contributed by atoms with Crippen molar-refractivity contribution in [2.45, 2.75) is 13.3 Å². The van der Waals surface area contributed by atoms with E-state index >= 15 is 0 Å². The number of hydrogen-bond acceptors (Lipinski definition) is 1. The molecule has 0 atom stereocenters. The molecule has 0 fully saturated rings. The Hall–Kier alpha value is -1.34. The second-order valence-electron chi connectivity index (χ2n) is 3.91. The predicted octanol–water partition coefficient (Wildman–Crippen LogP) is 2.81. The first kappa shape index (κ1) is 8.93. The summed E-state index contributed by atoms with van der Waals surface area (Å²) in [6.45, 7) is 2.17. The van der Waals surface area contributed by atoms with Gasteiger partial charge in [0.15, 0.2) is 0 Å². The van der Waals surface area contributed by atoms with E-state index in [-0.39, 0.29) is 0 Å². The van der Waals surface area contributed by atoms with E-state index in [4.69, 9.17) is 0 Å². The largest absolute Gasteiger partial charge is 0.135 e. The molecular formula is C14H12S. The van der Waals surface area contributed by atoms with Crippen molar-refractivity contribution in [3.05, 3.63) is 45.7 Å². The van der Waals surface area contributed by atoms with E-state index in [2.05, 4.69) is 49.4 Å². The van der Waals surface area contributed by atoms with Crippen LogP contribution in [0.3, 0.4) is 0 Å². The van der Waals surface area contributed by atoms with Crippen LogP contribution in [0.4, 0.5) is 0 Å². The lowest BCUT2D eigenvalue weighted by Crippen LogP contribution is -2.17. The highest BCUT2D eigenvalue weighted by atomic mass is 32.1. The lowest BCUT2D eigenvalue weighted by atomic mass is 10.2. The smallest absolute Gasteiger partial charge is 0.0355 e. The SMILES string of the molecule is CC1=CCC=c2c(sc3ccccc23)=C1. The summed E-state index contributed by atoms with van der Waals surface area (Å²) in [6, 6.07) is 8.65. The van der Waals surface area contributed by atoms with Gasteiger partial charge in [-0.1, -0.05) is 35.9 Å². The van der Waals surface area contributed by atoms with Crippen LogP contribution in [0.25, 0.3) is 22.2 Å². The van der Waals surface area contributed by atoms with Gasteiger partial charge in [-0.15, -0.1) is 11.3 Å². The Morgan fingerprint density at radius 1 is 1.13 bits per heavy atom. The van der Waals surface area contributed by atoms with E-state index < -0.39 is 0 Å². The van der Waals surface area contributed by atoms with Crippen molar-refractivity contribution in [3.8, 4) is 0 Å². The third kappa shape index (κ3) is 1.44.